The average Bonchev–Trinajstić information content (AvgIpc) is 4.14. The molecule has 69 heavy (non-hydrogen) atoms. The fourth-order valence-corrected chi connectivity index (χ4v) is 10.6. The number of nitrogens with zero attached hydrogens (tertiary/aromatic N) is 9. The van der Waals surface area contributed by atoms with Gasteiger partial charge >= 0.3 is 0 Å². The Morgan fingerprint density at radius 1 is 0.986 bits per heavy atom. The monoisotopic (exact) mass is 979 g/mol. The molecule has 8 rings (SSSR count). The molecule has 370 valence electrons. The van der Waals surface area contributed by atoms with Crippen LogP contribution in [0.2, 0.25) is 0 Å². The van der Waals surface area contributed by atoms with Gasteiger partial charge in [-0.15, -0.1) is 0 Å². The first-order valence-electron chi connectivity index (χ1n) is 23.1. The number of aromatic nitrogens is 5. The molecule has 1 aliphatic carbocycles. The van der Waals surface area contributed by atoms with E-state index < -0.39 is 63.6 Å². The molecule has 0 radical (unpaired) electrons. The summed E-state index contributed by atoms with van der Waals surface area (Å²) >= 11 is 0. The minimum Gasteiger partial charge on any atom is -0.384 e. The number of carbonyl (C=O) groups excluding carboxylic acids is 6. The third-order valence-corrected chi connectivity index (χ3v) is 15.0. The van der Waals surface area contributed by atoms with Crippen molar-refractivity contribution in [3.63, 3.8) is 0 Å². The minimum atomic E-state index is -3.98. The summed E-state index contributed by atoms with van der Waals surface area (Å²) in [6, 6.07) is 5.13. The molecule has 3 aromatic heterocycles. The van der Waals surface area contributed by atoms with Crippen molar-refractivity contribution < 1.29 is 55.4 Å². The van der Waals surface area contributed by atoms with E-state index in [0.29, 0.717) is 63.3 Å². The van der Waals surface area contributed by atoms with E-state index >= 15 is 0 Å². The fraction of sp³-hybridized carbons (Fsp3) is 0.533. The lowest BCUT2D eigenvalue weighted by atomic mass is 9.85. The van der Waals surface area contributed by atoms with Crippen LogP contribution in [0.5, 0.6) is 0 Å². The Kier molecular flexibility index (Phi) is 14.7. The van der Waals surface area contributed by atoms with E-state index in [1.165, 1.54) is 41.8 Å². The largest absolute Gasteiger partial charge is 0.384 e. The zero-order valence-electron chi connectivity index (χ0n) is 38.5. The normalized spacial score (nSPS) is 20.9. The second kappa shape index (κ2) is 20.7. The van der Waals surface area contributed by atoms with E-state index in [4.69, 9.17) is 9.47 Å². The summed E-state index contributed by atoms with van der Waals surface area (Å²) in [7, 11) is -1.43. The Morgan fingerprint density at radius 2 is 1.75 bits per heavy atom. The van der Waals surface area contributed by atoms with Crippen molar-refractivity contribution in [2.75, 3.05) is 74.8 Å². The lowest BCUT2D eigenvalue weighted by Crippen LogP contribution is -2.54. The molecule has 2 unspecified atom stereocenters. The van der Waals surface area contributed by atoms with Crippen LogP contribution in [0, 0.1) is 5.92 Å². The number of ether oxygens (including phenoxy) is 2. The molecule has 1 aromatic carbocycles. The number of hydrogen-bond donors (Lipinski definition) is 2. The lowest BCUT2D eigenvalue weighted by molar-refractivity contribution is -0.149. The van der Waals surface area contributed by atoms with Gasteiger partial charge in [0.2, 0.25) is 21.8 Å². The van der Waals surface area contributed by atoms with Crippen LogP contribution in [0.25, 0.3) is 5.65 Å². The predicted octanol–water partition coefficient (Wildman–Crippen LogP) is 3.90. The minimum absolute atomic E-state index is 0.0367. The van der Waals surface area contributed by atoms with E-state index in [1.54, 1.807) is 24.4 Å². The lowest BCUT2D eigenvalue weighted by Gasteiger charge is -2.32. The van der Waals surface area contributed by atoms with Gasteiger partial charge in [0, 0.05) is 84.0 Å². The number of benzene rings is 1. The van der Waals surface area contributed by atoms with E-state index in [1.807, 2.05) is 6.92 Å². The van der Waals surface area contributed by atoms with Crippen molar-refractivity contribution in [3.05, 3.63) is 65.2 Å². The molecule has 6 amide bonds. The molecular weight excluding hydrogens is 925 g/mol. The number of carbonyl (C=O) groups is 6. The summed E-state index contributed by atoms with van der Waals surface area (Å²) in [6.07, 6.45) is 4.23. The van der Waals surface area contributed by atoms with Gasteiger partial charge in [0.25, 0.3) is 30.1 Å². The summed E-state index contributed by atoms with van der Waals surface area (Å²) in [5.41, 5.74) is 0.285. The number of rotatable bonds is 19. The maximum atomic E-state index is 14.3. The first-order chi connectivity index (χ1) is 33.1. The summed E-state index contributed by atoms with van der Waals surface area (Å²) in [5, 5.41) is 14.1. The number of sulfonamides is 1. The van der Waals surface area contributed by atoms with Gasteiger partial charge in [0.1, 0.15) is 17.4 Å². The molecule has 1 saturated carbocycles. The molecule has 3 fully saturated rings. The number of hydrogen-bond acceptors (Lipinski definition) is 15. The maximum Gasteiger partial charge on any atom is 0.284 e. The average molecular weight is 980 g/mol. The van der Waals surface area contributed by atoms with Gasteiger partial charge < -0.3 is 25.0 Å². The highest BCUT2D eigenvalue weighted by atomic mass is 32.2. The van der Waals surface area contributed by atoms with Crippen LogP contribution in [0.15, 0.2) is 42.9 Å². The molecule has 0 spiro atoms. The van der Waals surface area contributed by atoms with Crippen LogP contribution in [0.3, 0.4) is 0 Å². The smallest absolute Gasteiger partial charge is 0.284 e. The van der Waals surface area contributed by atoms with Crippen molar-refractivity contribution in [2.45, 2.75) is 89.3 Å². The Labute approximate surface area is 396 Å². The third-order valence-electron chi connectivity index (χ3n) is 13.2. The van der Waals surface area contributed by atoms with Gasteiger partial charge in [-0.05, 0) is 76.5 Å². The first-order valence-corrected chi connectivity index (χ1v) is 24.7. The fourth-order valence-electron chi connectivity index (χ4n) is 9.38. The van der Waals surface area contributed by atoms with Gasteiger partial charge in [0.15, 0.2) is 11.3 Å². The predicted molar refractivity (Wildman–Crippen MR) is 244 cm³/mol. The van der Waals surface area contributed by atoms with Gasteiger partial charge in [-0.2, -0.15) is 10.2 Å². The van der Waals surface area contributed by atoms with Crippen LogP contribution >= 0.6 is 0 Å². The Bertz CT molecular complexity index is 2740. The standard InChI is InChI=1S/C45H55F2N11O10S/c1-4-68-29-16-19-55(25-29)35-17-20-56-40(51-35)31(24-49-56)41(60)50-33-26-57(52-38(33)39(46)47)28-12-10-27(11-13-28)42(61)54(3)69(65,66)23-7-22-67-21-6-18-48-32-9-5-8-30-37(32)45(64)58(43(30)62)34-14-15-36(59)53(2)44(34)63/h5,8-9,17,20,24,26-29,34,39,48H,4,6-7,10-16,18-19,21-23,25H2,1-3H3,(H,50,60). The van der Waals surface area contributed by atoms with E-state index in [-0.39, 0.29) is 84.3 Å². The molecule has 2 saturated heterocycles. The van der Waals surface area contributed by atoms with Crippen molar-refractivity contribution >= 4 is 68.3 Å². The van der Waals surface area contributed by atoms with Gasteiger partial charge in [-0.3, -0.25) is 43.2 Å². The summed E-state index contributed by atoms with van der Waals surface area (Å²) in [6.45, 7) is 4.59. The number of alkyl halides is 2. The van der Waals surface area contributed by atoms with Crippen molar-refractivity contribution in [3.8, 4) is 0 Å². The number of halogens is 2. The highest BCUT2D eigenvalue weighted by molar-refractivity contribution is 7.89. The zero-order valence-corrected chi connectivity index (χ0v) is 39.3. The number of imide groups is 2. The number of anilines is 3. The molecule has 2 N–H and O–H groups in total. The number of piperidine rings is 1. The number of amides is 6. The van der Waals surface area contributed by atoms with Crippen molar-refractivity contribution in [1.29, 1.82) is 0 Å². The van der Waals surface area contributed by atoms with Crippen LogP contribution < -0.4 is 15.5 Å². The highest BCUT2D eigenvalue weighted by Crippen LogP contribution is 2.37. The molecule has 6 heterocycles. The Hall–Kier alpha value is -6.40. The summed E-state index contributed by atoms with van der Waals surface area (Å²) in [4.78, 5) is 86.9. The topological polar surface area (TPSA) is 240 Å². The molecule has 4 aliphatic rings. The zero-order chi connectivity index (χ0) is 49.1. The second-order valence-corrected chi connectivity index (χ2v) is 19.6. The third kappa shape index (κ3) is 10.2. The molecule has 24 heteroatoms. The first kappa shape index (κ1) is 49.0. The number of likely N-dealkylation sites (N-methyl/N-ethyl adjacent to an activating group) is 1. The molecule has 0 bridgehead atoms. The maximum absolute atomic E-state index is 14.3. The van der Waals surface area contributed by atoms with Crippen LogP contribution in [0.4, 0.5) is 26.0 Å². The van der Waals surface area contributed by atoms with Gasteiger partial charge in [-0.25, -0.2) is 31.0 Å². The van der Waals surface area contributed by atoms with Gasteiger partial charge in [-0.1, -0.05) is 6.07 Å². The molecule has 4 aromatic rings. The van der Waals surface area contributed by atoms with E-state index in [0.717, 1.165) is 27.1 Å². The van der Waals surface area contributed by atoms with Gasteiger partial charge in [0.05, 0.1) is 40.9 Å². The second-order valence-electron chi connectivity index (χ2n) is 17.5. The van der Waals surface area contributed by atoms with E-state index in [2.05, 4.69) is 30.7 Å². The van der Waals surface area contributed by atoms with Crippen LogP contribution in [-0.2, 0) is 33.9 Å². The number of fused-ring (bicyclic) bond motifs is 2. The number of likely N-dealkylation sites (tertiary alicyclic amines) is 1. The summed E-state index contributed by atoms with van der Waals surface area (Å²) < 4.78 is 69.9. The highest BCUT2D eigenvalue weighted by Gasteiger charge is 2.47. The molecule has 3 aliphatic heterocycles. The van der Waals surface area contributed by atoms with Crippen LogP contribution in [-0.4, -0.2) is 154 Å². The Morgan fingerprint density at radius 3 is 2.51 bits per heavy atom. The number of nitrogens with one attached hydrogen (secondary N) is 2. The van der Waals surface area contributed by atoms with E-state index in [9.17, 15) is 46.0 Å². The molecular formula is C45H55F2N11O10S. The van der Waals surface area contributed by atoms with Crippen molar-refractivity contribution in [1.82, 2.24) is 38.5 Å². The SMILES string of the molecule is CCOC1CCN(c2ccn3ncc(C(=O)Nc4cn(C5CCC(C(=O)N(C)S(=O)(=O)CCCOCCCNc6cccc7c6C(=O)N(C6CCC(=O)N(C)C6=O)C7=O)CC5)nc4C(F)F)c3n2)C1. The van der Waals surface area contributed by atoms with Crippen LogP contribution in [0.1, 0.15) is 114 Å². The molecule has 2 atom stereocenters. The Balaban J connectivity index is 0.769. The van der Waals surface area contributed by atoms with Crippen molar-refractivity contribution in [2.24, 2.45) is 5.92 Å². The summed E-state index contributed by atoms with van der Waals surface area (Å²) in [5.74, 6) is -3.76. The molecule has 21 nitrogen and oxygen atoms in total. The quantitative estimate of drug-likeness (QED) is 0.100.